The third-order valence-corrected chi connectivity index (χ3v) is 4.79. The van der Waals surface area contributed by atoms with Crippen LogP contribution in [0.5, 0.6) is 11.5 Å². The van der Waals surface area contributed by atoms with E-state index in [9.17, 15) is 9.59 Å². The van der Waals surface area contributed by atoms with E-state index in [1.165, 1.54) is 7.11 Å². The molecule has 0 spiro atoms. The maximum Gasteiger partial charge on any atom is 0.258 e. The van der Waals surface area contributed by atoms with E-state index in [0.717, 1.165) is 11.1 Å². The molecule has 0 radical (unpaired) electrons. The molecule has 0 saturated carbocycles. The van der Waals surface area contributed by atoms with Crippen LogP contribution in [0.15, 0.2) is 72.8 Å². The molecule has 31 heavy (non-hydrogen) atoms. The maximum absolute atomic E-state index is 13.3. The predicted octanol–water partition coefficient (Wildman–Crippen LogP) is 4.10. The number of anilines is 1. The van der Waals surface area contributed by atoms with Gasteiger partial charge in [0.15, 0.2) is 11.5 Å². The monoisotopic (exact) mass is 418 g/mol. The van der Waals surface area contributed by atoms with Crippen molar-refractivity contribution in [2.24, 2.45) is 5.73 Å². The van der Waals surface area contributed by atoms with E-state index in [4.69, 9.17) is 15.2 Å². The summed E-state index contributed by atoms with van der Waals surface area (Å²) in [5, 5.41) is 0. The fourth-order valence-electron chi connectivity index (χ4n) is 3.18. The van der Waals surface area contributed by atoms with Crippen molar-refractivity contribution >= 4 is 17.5 Å². The normalized spacial score (nSPS) is 10.4. The van der Waals surface area contributed by atoms with Gasteiger partial charge in [0.2, 0.25) is 5.91 Å². The Morgan fingerprint density at radius 3 is 2.39 bits per heavy atom. The van der Waals surface area contributed by atoms with E-state index < -0.39 is 5.91 Å². The van der Waals surface area contributed by atoms with E-state index in [1.54, 1.807) is 23.1 Å². The average Bonchev–Trinajstić information content (AvgIpc) is 2.78. The molecule has 0 aliphatic rings. The summed E-state index contributed by atoms with van der Waals surface area (Å²) < 4.78 is 11.3. The minimum atomic E-state index is -0.465. The lowest BCUT2D eigenvalue weighted by atomic mass is 10.1. The lowest BCUT2D eigenvalue weighted by Crippen LogP contribution is -2.34. The summed E-state index contributed by atoms with van der Waals surface area (Å²) in [6.07, 6.45) is 0.0646. The minimum absolute atomic E-state index is 0.0646. The molecule has 0 aromatic heterocycles. The summed E-state index contributed by atoms with van der Waals surface area (Å²) in [6, 6.07) is 22.4. The summed E-state index contributed by atoms with van der Waals surface area (Å²) in [6.45, 7) is 2.52. The molecule has 0 fully saturated rings. The summed E-state index contributed by atoms with van der Waals surface area (Å²) in [5.41, 5.74) is 8.49. The quantitative estimate of drug-likeness (QED) is 0.567. The predicted molar refractivity (Wildman–Crippen MR) is 120 cm³/mol. The number of rotatable bonds is 9. The molecule has 3 rings (SSSR count). The largest absolute Gasteiger partial charge is 0.493 e. The molecule has 0 bridgehead atoms. The van der Waals surface area contributed by atoms with Crippen LogP contribution in [-0.2, 0) is 11.4 Å². The first-order valence-corrected chi connectivity index (χ1v) is 9.99. The molecular weight excluding hydrogens is 392 g/mol. The first kappa shape index (κ1) is 21.9. The second-order valence-corrected chi connectivity index (χ2v) is 7.15. The van der Waals surface area contributed by atoms with Crippen molar-refractivity contribution in [2.75, 3.05) is 18.6 Å². The Bertz CT molecular complexity index is 1050. The van der Waals surface area contributed by atoms with Gasteiger partial charge in [-0.1, -0.05) is 42.5 Å². The van der Waals surface area contributed by atoms with E-state index in [2.05, 4.69) is 0 Å². The third kappa shape index (κ3) is 5.85. The molecule has 3 aromatic rings. The standard InChI is InChI=1S/C25H26N2O4/c1-18-7-6-10-21(15-18)27(14-13-24(26)28)25(29)20-11-12-22(23(16-20)30-2)31-17-19-8-4-3-5-9-19/h3-12,15-16H,13-14,17H2,1-2H3,(H2,26,28). The zero-order chi connectivity index (χ0) is 22.2. The van der Waals surface area contributed by atoms with Gasteiger partial charge in [0.25, 0.3) is 5.91 Å². The number of benzene rings is 3. The Balaban J connectivity index is 1.84. The smallest absolute Gasteiger partial charge is 0.258 e. The van der Waals surface area contributed by atoms with Crippen LogP contribution >= 0.6 is 0 Å². The fourth-order valence-corrected chi connectivity index (χ4v) is 3.18. The first-order chi connectivity index (χ1) is 15.0. The van der Waals surface area contributed by atoms with Gasteiger partial charge in [0.05, 0.1) is 7.11 Å². The van der Waals surface area contributed by atoms with Crippen molar-refractivity contribution < 1.29 is 19.1 Å². The number of ether oxygens (including phenoxy) is 2. The molecule has 6 nitrogen and oxygen atoms in total. The number of primary amides is 1. The van der Waals surface area contributed by atoms with Gasteiger partial charge in [-0.25, -0.2) is 0 Å². The van der Waals surface area contributed by atoms with E-state index in [1.807, 2.05) is 61.5 Å². The minimum Gasteiger partial charge on any atom is -0.493 e. The maximum atomic E-state index is 13.3. The molecule has 6 heteroatoms. The highest BCUT2D eigenvalue weighted by Gasteiger charge is 2.20. The number of amides is 2. The summed E-state index contributed by atoms with van der Waals surface area (Å²) in [5.74, 6) is 0.287. The zero-order valence-corrected chi connectivity index (χ0v) is 17.7. The van der Waals surface area contributed by atoms with E-state index in [0.29, 0.717) is 29.4 Å². The number of methoxy groups -OCH3 is 1. The third-order valence-electron chi connectivity index (χ3n) is 4.79. The molecule has 0 atom stereocenters. The number of nitrogens with zero attached hydrogens (tertiary/aromatic N) is 1. The van der Waals surface area contributed by atoms with Crippen molar-refractivity contribution in [1.82, 2.24) is 0 Å². The molecule has 3 aromatic carbocycles. The number of hydrogen-bond acceptors (Lipinski definition) is 4. The second-order valence-electron chi connectivity index (χ2n) is 7.15. The van der Waals surface area contributed by atoms with Crippen LogP contribution in [0.4, 0.5) is 5.69 Å². The van der Waals surface area contributed by atoms with Gasteiger partial charge in [-0.15, -0.1) is 0 Å². The SMILES string of the molecule is COc1cc(C(=O)N(CCC(N)=O)c2cccc(C)c2)ccc1OCc1ccccc1. The van der Waals surface area contributed by atoms with Gasteiger partial charge in [0, 0.05) is 24.2 Å². The van der Waals surface area contributed by atoms with Gasteiger partial charge in [-0.05, 0) is 48.4 Å². The van der Waals surface area contributed by atoms with E-state index >= 15 is 0 Å². The number of nitrogens with two attached hydrogens (primary N) is 1. The zero-order valence-electron chi connectivity index (χ0n) is 17.7. The molecule has 2 N–H and O–H groups in total. The topological polar surface area (TPSA) is 81.9 Å². The lowest BCUT2D eigenvalue weighted by Gasteiger charge is -2.23. The molecule has 0 saturated heterocycles. The Morgan fingerprint density at radius 2 is 1.71 bits per heavy atom. The van der Waals surface area contributed by atoms with Gasteiger partial charge < -0.3 is 20.1 Å². The highest BCUT2D eigenvalue weighted by Crippen LogP contribution is 2.30. The fraction of sp³-hybridized carbons (Fsp3) is 0.200. The molecule has 2 amide bonds. The Kier molecular flexibility index (Phi) is 7.27. The highest BCUT2D eigenvalue weighted by molar-refractivity contribution is 6.06. The number of carbonyl (C=O) groups is 2. The van der Waals surface area contributed by atoms with Crippen LogP contribution in [0.2, 0.25) is 0 Å². The molecule has 0 aliphatic heterocycles. The summed E-state index contributed by atoms with van der Waals surface area (Å²) in [7, 11) is 1.53. The van der Waals surface area contributed by atoms with Crippen LogP contribution in [0.1, 0.15) is 27.9 Å². The van der Waals surface area contributed by atoms with Crippen LogP contribution in [0, 0.1) is 6.92 Å². The van der Waals surface area contributed by atoms with Gasteiger partial charge >= 0.3 is 0 Å². The van der Waals surface area contributed by atoms with Gasteiger partial charge in [-0.2, -0.15) is 0 Å². The second kappa shape index (κ2) is 10.3. The van der Waals surface area contributed by atoms with Crippen LogP contribution in [-0.4, -0.2) is 25.5 Å². The first-order valence-electron chi connectivity index (χ1n) is 9.99. The highest BCUT2D eigenvalue weighted by atomic mass is 16.5. The lowest BCUT2D eigenvalue weighted by molar-refractivity contribution is -0.117. The van der Waals surface area contributed by atoms with Gasteiger partial charge in [0.1, 0.15) is 6.61 Å². The van der Waals surface area contributed by atoms with Crippen molar-refractivity contribution in [3.8, 4) is 11.5 Å². The Morgan fingerprint density at radius 1 is 0.935 bits per heavy atom. The van der Waals surface area contributed by atoms with Crippen LogP contribution < -0.4 is 20.1 Å². The van der Waals surface area contributed by atoms with Crippen molar-refractivity contribution in [3.05, 3.63) is 89.5 Å². The Labute approximate surface area is 182 Å². The van der Waals surface area contributed by atoms with Crippen LogP contribution in [0.3, 0.4) is 0 Å². The van der Waals surface area contributed by atoms with Gasteiger partial charge in [-0.3, -0.25) is 9.59 Å². The summed E-state index contributed by atoms with van der Waals surface area (Å²) >= 11 is 0. The van der Waals surface area contributed by atoms with Crippen molar-refractivity contribution in [2.45, 2.75) is 20.0 Å². The van der Waals surface area contributed by atoms with Crippen molar-refractivity contribution in [3.63, 3.8) is 0 Å². The van der Waals surface area contributed by atoms with E-state index in [-0.39, 0.29) is 18.9 Å². The summed E-state index contributed by atoms with van der Waals surface area (Å²) in [4.78, 5) is 26.2. The average molecular weight is 418 g/mol. The van der Waals surface area contributed by atoms with Crippen molar-refractivity contribution in [1.29, 1.82) is 0 Å². The number of aryl methyl sites for hydroxylation is 1. The molecule has 160 valence electrons. The molecule has 0 aliphatic carbocycles. The van der Waals surface area contributed by atoms with Crippen LogP contribution in [0.25, 0.3) is 0 Å². The molecule has 0 unspecified atom stereocenters. The number of carbonyl (C=O) groups excluding carboxylic acids is 2. The number of hydrogen-bond donors (Lipinski definition) is 1. The molecule has 0 heterocycles. The Hall–Kier alpha value is -3.80. The molecular formula is C25H26N2O4.